The van der Waals surface area contributed by atoms with Gasteiger partial charge in [0.2, 0.25) is 5.91 Å². The quantitative estimate of drug-likeness (QED) is 0.349. The summed E-state index contributed by atoms with van der Waals surface area (Å²) in [6, 6.07) is 15.1. The van der Waals surface area contributed by atoms with Crippen LogP contribution in [0.2, 0.25) is 5.02 Å². The van der Waals surface area contributed by atoms with Crippen LogP contribution in [0.3, 0.4) is 0 Å². The average Bonchev–Trinajstić information content (AvgIpc) is 3.43. The lowest BCUT2D eigenvalue weighted by molar-refractivity contribution is -0.116. The lowest BCUT2D eigenvalue weighted by atomic mass is 10.1. The van der Waals surface area contributed by atoms with E-state index >= 15 is 0 Å². The zero-order valence-corrected chi connectivity index (χ0v) is 18.4. The molecule has 0 saturated heterocycles. The van der Waals surface area contributed by atoms with Gasteiger partial charge >= 0.3 is 0 Å². The minimum absolute atomic E-state index is 0.156. The molecule has 4 rings (SSSR count). The number of para-hydroxylation sites is 1. The monoisotopic (exact) mass is 453 g/mol. The smallest absolute Gasteiger partial charge is 0.226 e. The molecular formula is C23H20ClN3O3S. The van der Waals surface area contributed by atoms with Crippen LogP contribution >= 0.6 is 22.9 Å². The van der Waals surface area contributed by atoms with Crippen molar-refractivity contribution in [1.82, 2.24) is 9.97 Å². The molecule has 0 unspecified atom stereocenters. The van der Waals surface area contributed by atoms with Gasteiger partial charge in [0.05, 0.1) is 23.5 Å². The van der Waals surface area contributed by atoms with E-state index in [0.717, 1.165) is 22.6 Å². The van der Waals surface area contributed by atoms with Crippen molar-refractivity contribution in [3.05, 3.63) is 71.0 Å². The molecule has 0 spiro atoms. The van der Waals surface area contributed by atoms with Crippen LogP contribution in [0.5, 0.6) is 5.75 Å². The third-order valence-electron chi connectivity index (χ3n) is 4.47. The highest BCUT2D eigenvalue weighted by Gasteiger charge is 2.14. The SMILES string of the molecule is CCOc1ccccc1-c1csc(NC(=O)CCc2ncc(-c3ccccc3Cl)o2)n1. The Morgan fingerprint density at radius 2 is 1.94 bits per heavy atom. The Kier molecular flexibility index (Phi) is 6.64. The van der Waals surface area contributed by atoms with Crippen molar-refractivity contribution in [1.29, 1.82) is 0 Å². The fourth-order valence-corrected chi connectivity index (χ4v) is 3.98. The van der Waals surface area contributed by atoms with Crippen LogP contribution in [0.25, 0.3) is 22.6 Å². The van der Waals surface area contributed by atoms with Gasteiger partial charge in [0, 0.05) is 29.3 Å². The molecule has 8 heteroatoms. The zero-order chi connectivity index (χ0) is 21.6. The predicted octanol–water partition coefficient (Wildman–Crippen LogP) is 6.09. The minimum Gasteiger partial charge on any atom is -0.493 e. The highest BCUT2D eigenvalue weighted by molar-refractivity contribution is 7.14. The summed E-state index contributed by atoms with van der Waals surface area (Å²) in [4.78, 5) is 21.1. The largest absolute Gasteiger partial charge is 0.493 e. The first kappa shape index (κ1) is 21.1. The van der Waals surface area contributed by atoms with Crippen LogP contribution in [0.4, 0.5) is 5.13 Å². The van der Waals surface area contributed by atoms with Crippen LogP contribution in [0.1, 0.15) is 19.2 Å². The third kappa shape index (κ3) is 5.13. The number of rotatable bonds is 8. The van der Waals surface area contributed by atoms with Gasteiger partial charge in [-0.3, -0.25) is 4.79 Å². The minimum atomic E-state index is -0.156. The van der Waals surface area contributed by atoms with Gasteiger partial charge in [0.1, 0.15) is 5.75 Å². The highest BCUT2D eigenvalue weighted by Crippen LogP contribution is 2.32. The van der Waals surface area contributed by atoms with Crippen molar-refractivity contribution in [3.8, 4) is 28.3 Å². The number of halogens is 1. The van der Waals surface area contributed by atoms with Gasteiger partial charge in [-0.1, -0.05) is 35.9 Å². The van der Waals surface area contributed by atoms with Gasteiger partial charge in [0.25, 0.3) is 0 Å². The maximum Gasteiger partial charge on any atom is 0.226 e. The van der Waals surface area contributed by atoms with E-state index in [-0.39, 0.29) is 12.3 Å². The first-order valence-corrected chi connectivity index (χ1v) is 11.1. The molecule has 6 nitrogen and oxygen atoms in total. The van der Waals surface area contributed by atoms with E-state index in [1.54, 1.807) is 12.3 Å². The Hall–Kier alpha value is -3.16. The molecule has 1 amide bonds. The molecule has 2 heterocycles. The average molecular weight is 454 g/mol. The summed E-state index contributed by atoms with van der Waals surface area (Å²) in [5.74, 6) is 1.68. The third-order valence-corrected chi connectivity index (χ3v) is 5.56. The topological polar surface area (TPSA) is 77.2 Å². The fourth-order valence-electron chi connectivity index (χ4n) is 3.03. The van der Waals surface area contributed by atoms with Crippen LogP contribution in [-0.4, -0.2) is 22.5 Å². The van der Waals surface area contributed by atoms with E-state index in [0.29, 0.717) is 34.8 Å². The van der Waals surface area contributed by atoms with E-state index < -0.39 is 0 Å². The molecule has 0 saturated carbocycles. The van der Waals surface area contributed by atoms with Crippen molar-refractivity contribution in [2.24, 2.45) is 0 Å². The second-order valence-corrected chi connectivity index (χ2v) is 7.88. The number of hydrogen-bond donors (Lipinski definition) is 1. The second kappa shape index (κ2) is 9.76. The van der Waals surface area contributed by atoms with Gasteiger partial charge < -0.3 is 14.5 Å². The Bertz CT molecular complexity index is 1190. The second-order valence-electron chi connectivity index (χ2n) is 6.61. The predicted molar refractivity (Wildman–Crippen MR) is 123 cm³/mol. The van der Waals surface area contributed by atoms with Crippen molar-refractivity contribution >= 4 is 34.0 Å². The maximum absolute atomic E-state index is 12.4. The summed E-state index contributed by atoms with van der Waals surface area (Å²) >= 11 is 7.57. The van der Waals surface area contributed by atoms with Crippen molar-refractivity contribution in [2.45, 2.75) is 19.8 Å². The maximum atomic E-state index is 12.4. The van der Waals surface area contributed by atoms with Crippen LogP contribution < -0.4 is 10.1 Å². The van der Waals surface area contributed by atoms with E-state index in [1.807, 2.05) is 54.8 Å². The van der Waals surface area contributed by atoms with E-state index in [9.17, 15) is 4.79 Å². The number of aromatic nitrogens is 2. The Morgan fingerprint density at radius 3 is 2.74 bits per heavy atom. The van der Waals surface area contributed by atoms with Gasteiger partial charge in [-0.2, -0.15) is 0 Å². The normalized spacial score (nSPS) is 10.8. The summed E-state index contributed by atoms with van der Waals surface area (Å²) in [6.45, 7) is 2.51. The first-order valence-electron chi connectivity index (χ1n) is 9.81. The lowest BCUT2D eigenvalue weighted by Crippen LogP contribution is -2.12. The standard InChI is InChI=1S/C23H20ClN3O3S/c1-2-29-19-10-6-4-8-16(19)18-14-31-23(26-18)27-21(28)11-12-22-25-13-20(30-22)15-7-3-5-9-17(15)24/h3-10,13-14H,2,11-12H2,1H3,(H,26,27,28). The zero-order valence-electron chi connectivity index (χ0n) is 16.8. The molecule has 1 N–H and O–H groups in total. The van der Waals surface area contributed by atoms with Crippen molar-refractivity contribution in [3.63, 3.8) is 0 Å². The number of benzene rings is 2. The number of nitrogens with zero attached hydrogens (tertiary/aromatic N) is 2. The van der Waals surface area contributed by atoms with Crippen molar-refractivity contribution < 1.29 is 13.9 Å². The summed E-state index contributed by atoms with van der Waals surface area (Å²) in [7, 11) is 0. The molecule has 158 valence electrons. The molecule has 0 bridgehead atoms. The van der Waals surface area contributed by atoms with E-state index in [2.05, 4.69) is 15.3 Å². The first-order chi connectivity index (χ1) is 15.1. The van der Waals surface area contributed by atoms with E-state index in [1.165, 1.54) is 11.3 Å². The molecule has 2 aromatic heterocycles. The Labute approximate surface area is 188 Å². The number of carbonyl (C=O) groups is 1. The Morgan fingerprint density at radius 1 is 1.16 bits per heavy atom. The fraction of sp³-hybridized carbons (Fsp3) is 0.174. The molecule has 4 aromatic rings. The molecule has 31 heavy (non-hydrogen) atoms. The Balaban J connectivity index is 1.36. The number of thiazole rings is 1. The molecule has 0 aliphatic rings. The number of aryl methyl sites for hydroxylation is 1. The summed E-state index contributed by atoms with van der Waals surface area (Å²) in [5, 5.41) is 5.87. The molecule has 0 aliphatic carbocycles. The molecule has 0 radical (unpaired) electrons. The molecule has 2 aromatic carbocycles. The number of nitrogens with one attached hydrogen (secondary N) is 1. The molecular weight excluding hydrogens is 434 g/mol. The van der Waals surface area contributed by atoms with Crippen molar-refractivity contribution in [2.75, 3.05) is 11.9 Å². The van der Waals surface area contributed by atoms with Crippen LogP contribution in [0, 0.1) is 0 Å². The number of carbonyl (C=O) groups excluding carboxylic acids is 1. The number of anilines is 1. The van der Waals surface area contributed by atoms with Gasteiger partial charge in [-0.05, 0) is 31.2 Å². The van der Waals surface area contributed by atoms with Crippen LogP contribution in [-0.2, 0) is 11.2 Å². The van der Waals surface area contributed by atoms with E-state index in [4.69, 9.17) is 20.8 Å². The van der Waals surface area contributed by atoms with Gasteiger partial charge in [-0.15, -0.1) is 11.3 Å². The number of oxazole rings is 1. The molecule has 0 atom stereocenters. The van der Waals surface area contributed by atoms with Crippen LogP contribution in [0.15, 0.2) is 64.5 Å². The number of hydrogen-bond acceptors (Lipinski definition) is 6. The molecule has 0 fully saturated rings. The van der Waals surface area contributed by atoms with Gasteiger partial charge in [-0.25, -0.2) is 9.97 Å². The summed E-state index contributed by atoms with van der Waals surface area (Å²) in [5.41, 5.74) is 2.43. The number of ether oxygens (including phenoxy) is 1. The molecule has 0 aliphatic heterocycles. The van der Waals surface area contributed by atoms with Gasteiger partial charge in [0.15, 0.2) is 16.8 Å². The lowest BCUT2D eigenvalue weighted by Gasteiger charge is -2.07. The number of amides is 1. The highest BCUT2D eigenvalue weighted by atomic mass is 35.5. The summed E-state index contributed by atoms with van der Waals surface area (Å²) < 4.78 is 11.4. The summed E-state index contributed by atoms with van der Waals surface area (Å²) in [6.07, 6.45) is 2.23.